The maximum Gasteiger partial charge on any atom is 0.248 e. The van der Waals surface area contributed by atoms with Crippen molar-refractivity contribution in [2.75, 3.05) is 5.73 Å². The van der Waals surface area contributed by atoms with E-state index < -0.39 is 5.92 Å². The minimum absolute atomic E-state index is 0.0211. The zero-order valence-corrected chi connectivity index (χ0v) is 7.08. The summed E-state index contributed by atoms with van der Waals surface area (Å²) in [5, 5.41) is 3.93. The summed E-state index contributed by atoms with van der Waals surface area (Å²) in [7, 11) is 0. The average Bonchev–Trinajstić information content (AvgIpc) is 2.31. The number of nitrogens with zero attached hydrogens (tertiary/aromatic N) is 2. The molecule has 2 rings (SSSR count). The van der Waals surface area contributed by atoms with Gasteiger partial charge in [-0.1, -0.05) is 0 Å². The number of anilines is 1. The Kier molecular flexibility index (Phi) is 1.75. The fourth-order valence-electron chi connectivity index (χ4n) is 1.66. The van der Waals surface area contributed by atoms with Gasteiger partial charge in [-0.15, -0.1) is 0 Å². The number of nitrogens with two attached hydrogens (primary N) is 1. The van der Waals surface area contributed by atoms with Gasteiger partial charge in [0.1, 0.15) is 5.82 Å². The smallest absolute Gasteiger partial charge is 0.248 e. The van der Waals surface area contributed by atoms with Gasteiger partial charge in [0, 0.05) is 25.6 Å². The van der Waals surface area contributed by atoms with Crippen LogP contribution in [0.3, 0.4) is 0 Å². The van der Waals surface area contributed by atoms with E-state index in [1.54, 1.807) is 16.9 Å². The quantitative estimate of drug-likeness (QED) is 0.762. The molecule has 1 heterocycles. The van der Waals surface area contributed by atoms with Crippen LogP contribution in [0, 0.1) is 5.92 Å². The monoisotopic (exact) mass is 187 g/mol. The molecule has 1 aliphatic rings. The van der Waals surface area contributed by atoms with Crippen LogP contribution in [-0.4, -0.2) is 15.7 Å². The summed E-state index contributed by atoms with van der Waals surface area (Å²) >= 11 is 0. The van der Waals surface area contributed by atoms with Crippen molar-refractivity contribution in [2.24, 2.45) is 5.92 Å². The highest BCUT2D eigenvalue weighted by atomic mass is 19.3. The topological polar surface area (TPSA) is 43.8 Å². The first-order valence-corrected chi connectivity index (χ1v) is 4.22. The zero-order chi connectivity index (χ0) is 9.47. The Morgan fingerprint density at radius 2 is 2.31 bits per heavy atom. The second-order valence-electron chi connectivity index (χ2n) is 3.59. The Bertz CT molecular complexity index is 300. The lowest BCUT2D eigenvalue weighted by atomic mass is 9.81. The van der Waals surface area contributed by atoms with Crippen LogP contribution in [0.4, 0.5) is 14.6 Å². The predicted molar refractivity (Wildman–Crippen MR) is 44.3 cm³/mol. The number of alkyl halides is 2. The number of hydrogen-bond donors (Lipinski definition) is 1. The number of aromatic nitrogens is 2. The van der Waals surface area contributed by atoms with Crippen LogP contribution in [0.1, 0.15) is 12.8 Å². The van der Waals surface area contributed by atoms with Gasteiger partial charge in [-0.25, -0.2) is 8.78 Å². The highest BCUT2D eigenvalue weighted by molar-refractivity contribution is 5.23. The van der Waals surface area contributed by atoms with E-state index in [1.165, 1.54) is 0 Å². The van der Waals surface area contributed by atoms with Crippen molar-refractivity contribution in [3.63, 3.8) is 0 Å². The Labute approximate surface area is 74.5 Å². The molecule has 2 N–H and O–H groups in total. The first-order valence-electron chi connectivity index (χ1n) is 4.22. The van der Waals surface area contributed by atoms with Crippen LogP contribution < -0.4 is 5.73 Å². The lowest BCUT2D eigenvalue weighted by molar-refractivity contribution is -0.114. The molecule has 1 aromatic heterocycles. The largest absolute Gasteiger partial charge is 0.382 e. The van der Waals surface area contributed by atoms with Crippen molar-refractivity contribution in [1.82, 2.24) is 9.78 Å². The van der Waals surface area contributed by atoms with Gasteiger partial charge in [-0.2, -0.15) is 5.10 Å². The average molecular weight is 187 g/mol. The Morgan fingerprint density at radius 3 is 2.77 bits per heavy atom. The first kappa shape index (κ1) is 8.47. The SMILES string of the molecule is Nc1ccn(CC2CC(F)(F)C2)n1. The van der Waals surface area contributed by atoms with E-state index in [-0.39, 0.29) is 18.8 Å². The van der Waals surface area contributed by atoms with Gasteiger partial charge in [0.2, 0.25) is 5.92 Å². The normalized spacial score (nSPS) is 21.4. The van der Waals surface area contributed by atoms with Crippen LogP contribution >= 0.6 is 0 Å². The zero-order valence-electron chi connectivity index (χ0n) is 7.08. The summed E-state index contributed by atoms with van der Waals surface area (Å²) in [6.07, 6.45) is 1.67. The van der Waals surface area contributed by atoms with Crippen LogP contribution in [0.25, 0.3) is 0 Å². The summed E-state index contributed by atoms with van der Waals surface area (Å²) < 4.78 is 26.5. The molecule has 3 nitrogen and oxygen atoms in total. The molecule has 1 saturated carbocycles. The lowest BCUT2D eigenvalue weighted by Crippen LogP contribution is -2.37. The van der Waals surface area contributed by atoms with E-state index in [0.717, 1.165) is 0 Å². The summed E-state index contributed by atoms with van der Waals surface area (Å²) in [5.41, 5.74) is 5.39. The molecule has 0 amide bonds. The van der Waals surface area contributed by atoms with Crippen molar-refractivity contribution in [3.05, 3.63) is 12.3 Å². The number of hydrogen-bond acceptors (Lipinski definition) is 2. The molecule has 1 aromatic rings. The van der Waals surface area contributed by atoms with Crippen molar-refractivity contribution in [2.45, 2.75) is 25.3 Å². The van der Waals surface area contributed by atoms with Crippen LogP contribution in [-0.2, 0) is 6.54 Å². The van der Waals surface area contributed by atoms with Gasteiger partial charge in [0.25, 0.3) is 0 Å². The Morgan fingerprint density at radius 1 is 1.62 bits per heavy atom. The molecular formula is C8H11F2N3. The Balaban J connectivity index is 1.87. The fourth-order valence-corrected chi connectivity index (χ4v) is 1.66. The molecule has 0 saturated heterocycles. The van der Waals surface area contributed by atoms with Crippen molar-refractivity contribution < 1.29 is 8.78 Å². The second-order valence-corrected chi connectivity index (χ2v) is 3.59. The minimum Gasteiger partial charge on any atom is -0.382 e. The Hall–Kier alpha value is -1.13. The van der Waals surface area contributed by atoms with E-state index in [4.69, 9.17) is 5.73 Å². The molecule has 0 radical (unpaired) electrons. The van der Waals surface area contributed by atoms with E-state index in [1.807, 2.05) is 0 Å². The molecule has 0 atom stereocenters. The maximum atomic E-state index is 12.4. The predicted octanol–water partition coefficient (Wildman–Crippen LogP) is 1.51. The molecule has 0 bridgehead atoms. The van der Waals surface area contributed by atoms with Gasteiger partial charge < -0.3 is 5.73 Å². The van der Waals surface area contributed by atoms with Gasteiger partial charge in [-0.05, 0) is 12.0 Å². The van der Waals surface area contributed by atoms with Gasteiger partial charge in [-0.3, -0.25) is 4.68 Å². The van der Waals surface area contributed by atoms with E-state index >= 15 is 0 Å². The maximum absolute atomic E-state index is 12.4. The lowest BCUT2D eigenvalue weighted by Gasteiger charge is -2.34. The second kappa shape index (κ2) is 2.68. The molecule has 0 unspecified atom stereocenters. The van der Waals surface area contributed by atoms with E-state index in [0.29, 0.717) is 12.4 Å². The van der Waals surface area contributed by atoms with Gasteiger partial charge in [0.15, 0.2) is 0 Å². The van der Waals surface area contributed by atoms with Crippen molar-refractivity contribution in [1.29, 1.82) is 0 Å². The molecule has 1 aliphatic carbocycles. The molecule has 0 aromatic carbocycles. The molecule has 5 heteroatoms. The minimum atomic E-state index is -2.44. The third-order valence-corrected chi connectivity index (χ3v) is 2.28. The summed E-state index contributed by atoms with van der Waals surface area (Å²) in [6, 6.07) is 1.66. The molecule has 0 aliphatic heterocycles. The van der Waals surface area contributed by atoms with Gasteiger partial charge in [0.05, 0.1) is 0 Å². The van der Waals surface area contributed by atoms with Crippen LogP contribution in [0.15, 0.2) is 12.3 Å². The summed E-state index contributed by atoms with van der Waals surface area (Å²) in [4.78, 5) is 0. The molecular weight excluding hydrogens is 176 g/mol. The third-order valence-electron chi connectivity index (χ3n) is 2.28. The van der Waals surface area contributed by atoms with E-state index in [9.17, 15) is 8.78 Å². The summed E-state index contributed by atoms with van der Waals surface area (Å²) in [6.45, 7) is 0.548. The molecule has 0 spiro atoms. The molecule has 72 valence electrons. The number of nitrogen functional groups attached to an aromatic ring is 1. The highest BCUT2D eigenvalue weighted by Crippen LogP contribution is 2.42. The van der Waals surface area contributed by atoms with Gasteiger partial charge >= 0.3 is 0 Å². The van der Waals surface area contributed by atoms with E-state index in [2.05, 4.69) is 5.10 Å². The highest BCUT2D eigenvalue weighted by Gasteiger charge is 2.45. The molecule has 1 fully saturated rings. The number of halogens is 2. The molecule has 13 heavy (non-hydrogen) atoms. The van der Waals surface area contributed by atoms with Crippen LogP contribution in [0.5, 0.6) is 0 Å². The third kappa shape index (κ3) is 1.79. The van der Waals surface area contributed by atoms with Crippen molar-refractivity contribution >= 4 is 5.82 Å². The fraction of sp³-hybridized carbons (Fsp3) is 0.625. The number of rotatable bonds is 2. The van der Waals surface area contributed by atoms with Crippen LogP contribution in [0.2, 0.25) is 0 Å². The summed E-state index contributed by atoms with van der Waals surface area (Å²) in [5.74, 6) is -1.95. The first-order chi connectivity index (χ1) is 6.05. The van der Waals surface area contributed by atoms with Crippen molar-refractivity contribution in [3.8, 4) is 0 Å². The standard InChI is InChI=1S/C8H11F2N3/c9-8(10)3-6(4-8)5-13-2-1-7(11)12-13/h1-2,6H,3-5H2,(H2,11,12).